The minimum absolute atomic E-state index is 0.00999. The van der Waals surface area contributed by atoms with Gasteiger partial charge in [0.25, 0.3) is 0 Å². The quantitative estimate of drug-likeness (QED) is 0.401. The van der Waals surface area contributed by atoms with Crippen LogP contribution in [0.4, 0.5) is 0 Å². The number of amides is 1. The van der Waals surface area contributed by atoms with Crippen molar-refractivity contribution in [2.45, 2.75) is 12.3 Å². The van der Waals surface area contributed by atoms with E-state index >= 15 is 0 Å². The topological polar surface area (TPSA) is 113 Å². The lowest BCUT2D eigenvalue weighted by atomic mass is 9.85. The van der Waals surface area contributed by atoms with E-state index in [1.807, 2.05) is 36.2 Å². The van der Waals surface area contributed by atoms with Gasteiger partial charge in [0.2, 0.25) is 12.7 Å². The van der Waals surface area contributed by atoms with Crippen molar-refractivity contribution in [2.75, 3.05) is 40.0 Å². The highest BCUT2D eigenvalue weighted by Crippen LogP contribution is 2.45. The summed E-state index contributed by atoms with van der Waals surface area (Å²) < 4.78 is 17.3. The van der Waals surface area contributed by atoms with Crippen LogP contribution in [0, 0.1) is 0 Å². The highest BCUT2D eigenvalue weighted by molar-refractivity contribution is 5.91. The molecule has 200 valence electrons. The third-order valence-corrected chi connectivity index (χ3v) is 7.44. The number of carbonyl (C=O) groups excluding carboxylic acids is 1. The Labute approximate surface area is 224 Å². The molecular formula is C30H28N2O7. The van der Waals surface area contributed by atoms with E-state index in [2.05, 4.69) is 4.90 Å². The molecule has 1 amide bonds. The molecule has 1 fully saturated rings. The Kier molecular flexibility index (Phi) is 6.36. The SMILES string of the molecule is CN1CCN(C(=O)CC(c2ccc3c(c2)OCO3)c2c(O)cc(O)c3c(=O)cc(-c4ccccc4)oc23)CC1. The molecule has 3 aromatic carbocycles. The molecule has 9 nitrogen and oxygen atoms in total. The number of piperazine rings is 1. The van der Waals surface area contributed by atoms with E-state index in [1.54, 1.807) is 24.3 Å². The number of benzene rings is 3. The molecule has 2 aliphatic rings. The Morgan fingerprint density at radius 3 is 2.44 bits per heavy atom. The molecule has 2 N–H and O–H groups in total. The van der Waals surface area contributed by atoms with Crippen LogP contribution in [0.25, 0.3) is 22.3 Å². The molecule has 0 aliphatic carbocycles. The summed E-state index contributed by atoms with van der Waals surface area (Å²) in [5.74, 6) is -0.0677. The summed E-state index contributed by atoms with van der Waals surface area (Å²) in [4.78, 5) is 30.8. The van der Waals surface area contributed by atoms with E-state index in [4.69, 9.17) is 13.9 Å². The van der Waals surface area contributed by atoms with Crippen LogP contribution in [0.3, 0.4) is 0 Å². The number of carbonyl (C=O) groups is 1. The van der Waals surface area contributed by atoms with Gasteiger partial charge in [-0.05, 0) is 24.7 Å². The number of likely N-dealkylation sites (N-methyl/N-ethyl adjacent to an activating group) is 1. The fraction of sp³-hybridized carbons (Fsp3) is 0.267. The summed E-state index contributed by atoms with van der Waals surface area (Å²) in [5.41, 5.74) is 1.17. The average Bonchev–Trinajstić information content (AvgIpc) is 3.41. The van der Waals surface area contributed by atoms with Gasteiger partial charge >= 0.3 is 0 Å². The monoisotopic (exact) mass is 528 g/mol. The number of hydrogen-bond donors (Lipinski definition) is 2. The van der Waals surface area contributed by atoms with Crippen LogP contribution in [-0.4, -0.2) is 65.9 Å². The molecule has 1 unspecified atom stereocenters. The molecule has 1 saturated heterocycles. The number of phenols is 2. The van der Waals surface area contributed by atoms with Crippen LogP contribution >= 0.6 is 0 Å². The lowest BCUT2D eigenvalue weighted by Gasteiger charge is -2.33. The number of phenolic OH excluding ortho intramolecular Hbond substituents is 2. The van der Waals surface area contributed by atoms with Crippen molar-refractivity contribution in [3.8, 4) is 34.3 Å². The summed E-state index contributed by atoms with van der Waals surface area (Å²) in [6, 6.07) is 16.9. The van der Waals surface area contributed by atoms with Gasteiger partial charge in [0, 0.05) is 61.8 Å². The maximum absolute atomic E-state index is 13.6. The highest BCUT2D eigenvalue weighted by atomic mass is 16.7. The van der Waals surface area contributed by atoms with Crippen LogP contribution < -0.4 is 14.9 Å². The largest absolute Gasteiger partial charge is 0.507 e. The normalized spacial score (nSPS) is 16.0. The second kappa shape index (κ2) is 9.99. The van der Waals surface area contributed by atoms with Crippen LogP contribution in [0.15, 0.2) is 69.9 Å². The molecular weight excluding hydrogens is 500 g/mol. The first-order valence-electron chi connectivity index (χ1n) is 12.8. The Hall–Kier alpha value is -4.50. The fourth-order valence-corrected chi connectivity index (χ4v) is 5.28. The second-order valence-electron chi connectivity index (χ2n) is 9.93. The molecule has 4 aromatic rings. The number of hydrogen-bond acceptors (Lipinski definition) is 8. The number of ether oxygens (including phenoxy) is 2. The minimum Gasteiger partial charge on any atom is -0.507 e. The highest BCUT2D eigenvalue weighted by Gasteiger charge is 2.31. The van der Waals surface area contributed by atoms with Gasteiger partial charge in [-0.25, -0.2) is 0 Å². The first-order chi connectivity index (χ1) is 18.9. The van der Waals surface area contributed by atoms with Crippen LogP contribution in [0.5, 0.6) is 23.0 Å². The molecule has 6 rings (SSSR count). The molecule has 2 aliphatic heterocycles. The number of nitrogens with zero attached hydrogens (tertiary/aromatic N) is 2. The van der Waals surface area contributed by atoms with Gasteiger partial charge in [0.05, 0.1) is 0 Å². The molecule has 1 aromatic heterocycles. The second-order valence-corrected chi connectivity index (χ2v) is 9.93. The van der Waals surface area contributed by atoms with Crippen molar-refractivity contribution >= 4 is 16.9 Å². The van der Waals surface area contributed by atoms with Crippen molar-refractivity contribution in [1.82, 2.24) is 9.80 Å². The first kappa shape index (κ1) is 24.8. The van der Waals surface area contributed by atoms with Gasteiger partial charge in [-0.15, -0.1) is 0 Å². The molecule has 1 atom stereocenters. The maximum Gasteiger partial charge on any atom is 0.231 e. The van der Waals surface area contributed by atoms with Gasteiger partial charge in [0.15, 0.2) is 16.9 Å². The Bertz CT molecular complexity index is 1610. The zero-order valence-electron chi connectivity index (χ0n) is 21.4. The van der Waals surface area contributed by atoms with Crippen LogP contribution in [-0.2, 0) is 4.79 Å². The van der Waals surface area contributed by atoms with Crippen LogP contribution in [0.2, 0.25) is 0 Å². The smallest absolute Gasteiger partial charge is 0.231 e. The third-order valence-electron chi connectivity index (χ3n) is 7.44. The van der Waals surface area contributed by atoms with Gasteiger partial charge in [-0.1, -0.05) is 36.4 Å². The summed E-state index contributed by atoms with van der Waals surface area (Å²) in [6.07, 6.45) is 0.00999. The zero-order valence-corrected chi connectivity index (χ0v) is 21.4. The number of fused-ring (bicyclic) bond motifs is 2. The summed E-state index contributed by atoms with van der Waals surface area (Å²) in [7, 11) is 2.02. The van der Waals surface area contributed by atoms with E-state index in [9.17, 15) is 19.8 Å². The Morgan fingerprint density at radius 1 is 0.923 bits per heavy atom. The lowest BCUT2D eigenvalue weighted by Crippen LogP contribution is -2.47. The van der Waals surface area contributed by atoms with Crippen molar-refractivity contribution in [3.63, 3.8) is 0 Å². The van der Waals surface area contributed by atoms with E-state index < -0.39 is 17.1 Å². The molecule has 9 heteroatoms. The van der Waals surface area contributed by atoms with E-state index in [0.29, 0.717) is 35.7 Å². The maximum atomic E-state index is 13.6. The summed E-state index contributed by atoms with van der Waals surface area (Å²) in [5, 5.41) is 21.8. The van der Waals surface area contributed by atoms with Gasteiger partial charge in [-0.2, -0.15) is 0 Å². The molecule has 3 heterocycles. The summed E-state index contributed by atoms with van der Waals surface area (Å²) in [6.45, 7) is 2.82. The standard InChI is InChI=1S/C30H28N2O7/c1-31-9-11-32(12-10-31)27(36)14-20(19-7-8-24-26(13-19)38-17-37-24)28-21(33)15-22(34)29-23(35)16-25(39-30(28)29)18-5-3-2-4-6-18/h2-8,13,15-16,20,33-34H,9-12,14,17H2,1H3. The molecule has 0 spiro atoms. The van der Waals surface area contributed by atoms with E-state index in [0.717, 1.165) is 19.2 Å². The average molecular weight is 529 g/mol. The molecule has 0 saturated carbocycles. The number of rotatable bonds is 5. The van der Waals surface area contributed by atoms with Crippen molar-refractivity contribution in [1.29, 1.82) is 0 Å². The van der Waals surface area contributed by atoms with E-state index in [1.165, 1.54) is 6.07 Å². The Morgan fingerprint density at radius 2 is 1.67 bits per heavy atom. The molecule has 39 heavy (non-hydrogen) atoms. The lowest BCUT2D eigenvalue weighted by molar-refractivity contribution is -0.133. The van der Waals surface area contributed by atoms with Gasteiger partial charge in [0.1, 0.15) is 28.2 Å². The predicted octanol–water partition coefficient (Wildman–Crippen LogP) is 3.90. The van der Waals surface area contributed by atoms with Crippen molar-refractivity contribution in [2.24, 2.45) is 0 Å². The van der Waals surface area contributed by atoms with Crippen molar-refractivity contribution in [3.05, 3.63) is 82.0 Å². The predicted molar refractivity (Wildman–Crippen MR) is 144 cm³/mol. The Balaban J connectivity index is 1.53. The van der Waals surface area contributed by atoms with Gasteiger partial charge in [-0.3, -0.25) is 9.59 Å². The first-order valence-corrected chi connectivity index (χ1v) is 12.8. The summed E-state index contributed by atoms with van der Waals surface area (Å²) >= 11 is 0. The zero-order chi connectivity index (χ0) is 27.1. The number of aromatic hydroxyl groups is 2. The van der Waals surface area contributed by atoms with Gasteiger partial charge < -0.3 is 33.9 Å². The minimum atomic E-state index is -0.705. The molecule has 0 bridgehead atoms. The van der Waals surface area contributed by atoms with E-state index in [-0.39, 0.29) is 47.2 Å². The molecule has 0 radical (unpaired) electrons. The third kappa shape index (κ3) is 4.66. The van der Waals surface area contributed by atoms with Crippen LogP contribution in [0.1, 0.15) is 23.5 Å². The van der Waals surface area contributed by atoms with Crippen molar-refractivity contribution < 1.29 is 28.9 Å². The fourth-order valence-electron chi connectivity index (χ4n) is 5.28.